The molecule has 1 aliphatic carbocycles. The SMILES string of the molecule is CCCNC(c1ccc(OCC)cc1)C1CCCC1C. The molecule has 0 radical (unpaired) electrons. The van der Waals surface area contributed by atoms with E-state index < -0.39 is 0 Å². The van der Waals surface area contributed by atoms with Crippen LogP contribution in [-0.2, 0) is 0 Å². The summed E-state index contributed by atoms with van der Waals surface area (Å²) >= 11 is 0. The zero-order chi connectivity index (χ0) is 14.4. The second-order valence-electron chi connectivity index (χ2n) is 6.01. The Bertz CT molecular complexity index is 387. The Morgan fingerprint density at radius 3 is 2.50 bits per heavy atom. The molecule has 0 amide bonds. The van der Waals surface area contributed by atoms with Gasteiger partial charge in [-0.25, -0.2) is 0 Å². The second-order valence-corrected chi connectivity index (χ2v) is 6.01. The molecule has 0 heterocycles. The van der Waals surface area contributed by atoms with Crippen molar-refractivity contribution in [2.45, 2.75) is 52.5 Å². The van der Waals surface area contributed by atoms with Crippen molar-refractivity contribution in [3.63, 3.8) is 0 Å². The van der Waals surface area contributed by atoms with E-state index in [2.05, 4.69) is 43.4 Å². The van der Waals surface area contributed by atoms with Crippen LogP contribution in [0.25, 0.3) is 0 Å². The van der Waals surface area contributed by atoms with Gasteiger partial charge in [0.25, 0.3) is 0 Å². The molecule has 0 aromatic heterocycles. The normalized spacial score (nSPS) is 23.8. The molecular weight excluding hydrogens is 246 g/mol. The zero-order valence-corrected chi connectivity index (χ0v) is 13.2. The van der Waals surface area contributed by atoms with E-state index in [-0.39, 0.29) is 0 Å². The van der Waals surface area contributed by atoms with Crippen LogP contribution in [0.1, 0.15) is 58.1 Å². The van der Waals surface area contributed by atoms with Gasteiger partial charge < -0.3 is 10.1 Å². The molecule has 1 saturated carbocycles. The molecule has 0 saturated heterocycles. The molecule has 0 bridgehead atoms. The highest BCUT2D eigenvalue weighted by Crippen LogP contribution is 2.40. The largest absolute Gasteiger partial charge is 0.494 e. The van der Waals surface area contributed by atoms with Crippen molar-refractivity contribution >= 4 is 0 Å². The van der Waals surface area contributed by atoms with Crippen molar-refractivity contribution in [3.8, 4) is 5.75 Å². The van der Waals surface area contributed by atoms with E-state index in [4.69, 9.17) is 4.74 Å². The first-order valence-electron chi connectivity index (χ1n) is 8.22. The third-order valence-corrected chi connectivity index (χ3v) is 4.52. The van der Waals surface area contributed by atoms with Gasteiger partial charge in [0.15, 0.2) is 0 Å². The lowest BCUT2D eigenvalue weighted by Crippen LogP contribution is -2.30. The average Bonchev–Trinajstić information content (AvgIpc) is 2.88. The maximum atomic E-state index is 5.55. The summed E-state index contributed by atoms with van der Waals surface area (Å²) in [7, 11) is 0. The Kier molecular flexibility index (Phi) is 5.90. The third kappa shape index (κ3) is 3.76. The van der Waals surface area contributed by atoms with Crippen LogP contribution < -0.4 is 10.1 Å². The lowest BCUT2D eigenvalue weighted by molar-refractivity contribution is 0.301. The highest BCUT2D eigenvalue weighted by Gasteiger charge is 2.31. The fourth-order valence-corrected chi connectivity index (χ4v) is 3.42. The summed E-state index contributed by atoms with van der Waals surface area (Å²) < 4.78 is 5.55. The van der Waals surface area contributed by atoms with Crippen molar-refractivity contribution in [2.24, 2.45) is 11.8 Å². The van der Waals surface area contributed by atoms with Crippen LogP contribution in [0, 0.1) is 11.8 Å². The zero-order valence-electron chi connectivity index (χ0n) is 13.2. The molecule has 2 rings (SSSR count). The third-order valence-electron chi connectivity index (χ3n) is 4.52. The number of rotatable bonds is 7. The topological polar surface area (TPSA) is 21.3 Å². The fraction of sp³-hybridized carbons (Fsp3) is 0.667. The van der Waals surface area contributed by atoms with Gasteiger partial charge in [-0.2, -0.15) is 0 Å². The molecule has 1 aromatic rings. The quantitative estimate of drug-likeness (QED) is 0.787. The number of hydrogen-bond acceptors (Lipinski definition) is 2. The van der Waals surface area contributed by atoms with Crippen LogP contribution in [0.5, 0.6) is 5.75 Å². The Hall–Kier alpha value is -1.02. The Morgan fingerprint density at radius 1 is 1.20 bits per heavy atom. The van der Waals surface area contributed by atoms with Crippen LogP contribution in [-0.4, -0.2) is 13.2 Å². The predicted octanol–water partition coefficient (Wildman–Crippen LogP) is 4.56. The molecule has 3 unspecified atom stereocenters. The standard InChI is InChI=1S/C18H29NO/c1-4-13-19-18(17-8-6-7-14(17)3)15-9-11-16(12-10-15)20-5-2/h9-12,14,17-19H,4-8,13H2,1-3H3. The van der Waals surface area contributed by atoms with E-state index in [0.717, 1.165) is 30.7 Å². The minimum atomic E-state index is 0.503. The highest BCUT2D eigenvalue weighted by atomic mass is 16.5. The van der Waals surface area contributed by atoms with Crippen molar-refractivity contribution in [1.82, 2.24) is 5.32 Å². The number of nitrogens with one attached hydrogen (secondary N) is 1. The molecule has 20 heavy (non-hydrogen) atoms. The van der Waals surface area contributed by atoms with E-state index in [1.807, 2.05) is 6.92 Å². The van der Waals surface area contributed by atoms with Gasteiger partial charge in [0, 0.05) is 6.04 Å². The monoisotopic (exact) mass is 275 g/mol. The fourth-order valence-electron chi connectivity index (χ4n) is 3.42. The molecule has 1 aromatic carbocycles. The Morgan fingerprint density at radius 2 is 1.95 bits per heavy atom. The van der Waals surface area contributed by atoms with E-state index in [9.17, 15) is 0 Å². The molecule has 1 fully saturated rings. The second kappa shape index (κ2) is 7.68. The first-order chi connectivity index (χ1) is 9.76. The smallest absolute Gasteiger partial charge is 0.119 e. The van der Waals surface area contributed by atoms with Gasteiger partial charge in [0.1, 0.15) is 5.75 Å². The molecule has 1 N–H and O–H groups in total. The lowest BCUT2D eigenvalue weighted by atomic mass is 9.86. The van der Waals surface area contributed by atoms with E-state index in [1.165, 1.54) is 31.2 Å². The van der Waals surface area contributed by atoms with Crippen molar-refractivity contribution < 1.29 is 4.74 Å². The lowest BCUT2D eigenvalue weighted by Gasteiger charge is -2.28. The van der Waals surface area contributed by atoms with Gasteiger partial charge in [-0.3, -0.25) is 0 Å². The van der Waals surface area contributed by atoms with Gasteiger partial charge in [-0.15, -0.1) is 0 Å². The molecule has 0 aliphatic heterocycles. The predicted molar refractivity (Wildman–Crippen MR) is 85.2 cm³/mol. The first-order valence-corrected chi connectivity index (χ1v) is 8.22. The number of benzene rings is 1. The van der Waals surface area contributed by atoms with Crippen molar-refractivity contribution in [2.75, 3.05) is 13.2 Å². The van der Waals surface area contributed by atoms with E-state index in [1.54, 1.807) is 0 Å². The van der Waals surface area contributed by atoms with Gasteiger partial charge in [-0.05, 0) is 55.8 Å². The van der Waals surface area contributed by atoms with Crippen LogP contribution in [0.3, 0.4) is 0 Å². The molecule has 3 atom stereocenters. The molecule has 112 valence electrons. The first kappa shape index (κ1) is 15.4. The van der Waals surface area contributed by atoms with Crippen LogP contribution in [0.15, 0.2) is 24.3 Å². The summed E-state index contributed by atoms with van der Waals surface area (Å²) in [6.45, 7) is 8.50. The maximum absolute atomic E-state index is 5.55. The summed E-state index contributed by atoms with van der Waals surface area (Å²) in [5, 5.41) is 3.77. The molecule has 0 spiro atoms. The molecule has 2 heteroatoms. The summed E-state index contributed by atoms with van der Waals surface area (Å²) in [6.07, 6.45) is 5.31. The highest BCUT2D eigenvalue weighted by molar-refractivity contribution is 5.29. The van der Waals surface area contributed by atoms with Gasteiger partial charge in [0.2, 0.25) is 0 Å². The van der Waals surface area contributed by atoms with Crippen LogP contribution in [0.4, 0.5) is 0 Å². The number of hydrogen-bond donors (Lipinski definition) is 1. The minimum Gasteiger partial charge on any atom is -0.494 e. The summed E-state index contributed by atoms with van der Waals surface area (Å²) in [5.41, 5.74) is 1.42. The molecular formula is C18H29NO. The summed E-state index contributed by atoms with van der Waals surface area (Å²) in [5.74, 6) is 2.58. The molecule has 1 aliphatic rings. The van der Waals surface area contributed by atoms with Crippen molar-refractivity contribution in [3.05, 3.63) is 29.8 Å². The maximum Gasteiger partial charge on any atom is 0.119 e. The molecule has 2 nitrogen and oxygen atoms in total. The van der Waals surface area contributed by atoms with Crippen LogP contribution >= 0.6 is 0 Å². The number of ether oxygens (including phenoxy) is 1. The Labute approximate surface area is 123 Å². The Balaban J connectivity index is 2.12. The minimum absolute atomic E-state index is 0.503. The van der Waals surface area contributed by atoms with Gasteiger partial charge >= 0.3 is 0 Å². The summed E-state index contributed by atoms with van der Waals surface area (Å²) in [4.78, 5) is 0. The van der Waals surface area contributed by atoms with E-state index in [0.29, 0.717) is 6.04 Å². The summed E-state index contributed by atoms with van der Waals surface area (Å²) in [6, 6.07) is 9.20. The van der Waals surface area contributed by atoms with E-state index >= 15 is 0 Å². The van der Waals surface area contributed by atoms with Crippen molar-refractivity contribution in [1.29, 1.82) is 0 Å². The van der Waals surface area contributed by atoms with Crippen LogP contribution in [0.2, 0.25) is 0 Å². The average molecular weight is 275 g/mol. The van der Waals surface area contributed by atoms with Gasteiger partial charge in [-0.1, -0.05) is 38.8 Å². The van der Waals surface area contributed by atoms with Gasteiger partial charge in [0.05, 0.1) is 6.61 Å².